The second kappa shape index (κ2) is 5.92. The van der Waals surface area contributed by atoms with Crippen molar-refractivity contribution in [1.82, 2.24) is 0 Å². The molecule has 21 heavy (non-hydrogen) atoms. The molecule has 0 unspecified atom stereocenters. The number of nitrogens with zero attached hydrogens (tertiary/aromatic N) is 1. The second-order valence-corrected chi connectivity index (χ2v) is 7.02. The molecule has 5 heteroatoms. The number of hydrogen-bond acceptors (Lipinski definition) is 2. The lowest BCUT2D eigenvalue weighted by atomic mass is 10.2. The van der Waals surface area contributed by atoms with Crippen molar-refractivity contribution < 1.29 is 8.42 Å². The fourth-order valence-electron chi connectivity index (χ4n) is 1.91. The van der Waals surface area contributed by atoms with Crippen LogP contribution in [0.2, 0.25) is 0 Å². The van der Waals surface area contributed by atoms with E-state index < -0.39 is 10.0 Å². The average molecular weight is 322 g/mol. The van der Waals surface area contributed by atoms with E-state index in [2.05, 4.69) is 6.58 Å². The molecule has 0 heterocycles. The van der Waals surface area contributed by atoms with Crippen molar-refractivity contribution in [3.05, 3.63) is 71.4 Å². The van der Waals surface area contributed by atoms with Crippen molar-refractivity contribution >= 4 is 27.3 Å². The van der Waals surface area contributed by atoms with Gasteiger partial charge in [0.2, 0.25) is 0 Å². The van der Waals surface area contributed by atoms with E-state index in [1.165, 1.54) is 0 Å². The first kappa shape index (κ1) is 15.6. The minimum atomic E-state index is -3.78. The molecule has 0 saturated carbocycles. The maximum absolute atomic E-state index is 12.8. The molecule has 0 aliphatic rings. The predicted octanol–water partition coefficient (Wildman–Crippen LogP) is 4.21. The van der Waals surface area contributed by atoms with Gasteiger partial charge in [-0.1, -0.05) is 53.6 Å². The molecule has 0 amide bonds. The van der Waals surface area contributed by atoms with E-state index in [0.29, 0.717) is 5.69 Å². The molecule has 0 N–H and O–H groups in total. The van der Waals surface area contributed by atoms with E-state index in [1.54, 1.807) is 36.4 Å². The van der Waals surface area contributed by atoms with Crippen LogP contribution in [0.3, 0.4) is 0 Å². The molecule has 0 aliphatic heterocycles. The second-order valence-electron chi connectivity index (χ2n) is 4.79. The summed E-state index contributed by atoms with van der Waals surface area (Å²) in [6.07, 6.45) is 0. The maximum atomic E-state index is 12.8. The summed E-state index contributed by atoms with van der Waals surface area (Å²) in [5, 5.41) is -0.0700. The number of sulfonamides is 1. The summed E-state index contributed by atoms with van der Waals surface area (Å²) < 4.78 is 26.5. The third-order valence-corrected chi connectivity index (χ3v) is 5.10. The molecule has 0 spiro atoms. The van der Waals surface area contributed by atoms with Gasteiger partial charge in [0.15, 0.2) is 0 Å². The number of benzene rings is 2. The summed E-state index contributed by atoms with van der Waals surface area (Å²) in [7, 11) is -3.78. The summed E-state index contributed by atoms with van der Waals surface area (Å²) in [5.74, 6) is 0. The van der Waals surface area contributed by atoms with Crippen LogP contribution >= 0.6 is 11.6 Å². The standard InChI is InChI=1S/C16H16ClNO2S/c1-12-4-8-15(9-5-12)18(14(3)17)21(19,20)16-10-6-13(2)7-11-16/h4-11H,3H2,1-2H3. The van der Waals surface area contributed by atoms with E-state index in [9.17, 15) is 8.42 Å². The third kappa shape index (κ3) is 3.28. The highest BCUT2D eigenvalue weighted by Crippen LogP contribution is 2.29. The molecule has 2 aromatic rings. The van der Waals surface area contributed by atoms with Crippen LogP contribution in [0.25, 0.3) is 0 Å². The number of rotatable bonds is 4. The van der Waals surface area contributed by atoms with Crippen LogP contribution in [0.4, 0.5) is 5.69 Å². The molecule has 0 aliphatic carbocycles. The lowest BCUT2D eigenvalue weighted by Crippen LogP contribution is -2.28. The highest BCUT2D eigenvalue weighted by Gasteiger charge is 2.26. The summed E-state index contributed by atoms with van der Waals surface area (Å²) in [6, 6.07) is 13.7. The van der Waals surface area contributed by atoms with Crippen LogP contribution in [0, 0.1) is 13.8 Å². The molecule has 0 aromatic heterocycles. The van der Waals surface area contributed by atoms with E-state index in [4.69, 9.17) is 11.6 Å². The summed E-state index contributed by atoms with van der Waals surface area (Å²) in [4.78, 5) is 0.176. The first-order valence-electron chi connectivity index (χ1n) is 6.35. The van der Waals surface area contributed by atoms with Crippen LogP contribution in [0.15, 0.2) is 65.2 Å². The number of aryl methyl sites for hydroxylation is 2. The quantitative estimate of drug-likeness (QED) is 0.791. The first-order valence-corrected chi connectivity index (χ1v) is 8.17. The fraction of sp³-hybridized carbons (Fsp3) is 0.125. The number of halogens is 1. The van der Waals surface area contributed by atoms with Gasteiger partial charge in [0.05, 0.1) is 10.6 Å². The van der Waals surface area contributed by atoms with E-state index >= 15 is 0 Å². The number of anilines is 1. The first-order chi connectivity index (χ1) is 9.82. The molecule has 110 valence electrons. The average Bonchev–Trinajstić information content (AvgIpc) is 2.41. The van der Waals surface area contributed by atoms with Gasteiger partial charge in [-0.3, -0.25) is 0 Å². The Balaban J connectivity index is 2.54. The summed E-state index contributed by atoms with van der Waals surface area (Å²) >= 11 is 5.94. The largest absolute Gasteiger partial charge is 0.269 e. The minimum Gasteiger partial charge on any atom is -0.224 e. The van der Waals surface area contributed by atoms with Gasteiger partial charge in [0.1, 0.15) is 5.16 Å². The van der Waals surface area contributed by atoms with Gasteiger partial charge in [0, 0.05) is 0 Å². The molecule has 2 rings (SSSR count). The Kier molecular flexibility index (Phi) is 4.40. The smallest absolute Gasteiger partial charge is 0.224 e. The zero-order chi connectivity index (χ0) is 15.6. The van der Waals surface area contributed by atoms with Crippen molar-refractivity contribution in [3.8, 4) is 0 Å². The fourth-order valence-corrected chi connectivity index (χ4v) is 3.63. The van der Waals surface area contributed by atoms with Crippen LogP contribution in [-0.4, -0.2) is 8.42 Å². The van der Waals surface area contributed by atoms with Crippen LogP contribution in [-0.2, 0) is 10.0 Å². The molecule has 0 bridgehead atoms. The van der Waals surface area contributed by atoms with Gasteiger partial charge >= 0.3 is 0 Å². The molecular formula is C16H16ClNO2S. The van der Waals surface area contributed by atoms with Gasteiger partial charge in [-0.05, 0) is 38.1 Å². The van der Waals surface area contributed by atoms with Crippen molar-refractivity contribution in [2.24, 2.45) is 0 Å². The van der Waals surface area contributed by atoms with Crippen LogP contribution < -0.4 is 4.31 Å². The maximum Gasteiger partial charge on any atom is 0.269 e. The SMILES string of the molecule is C=C(Cl)N(c1ccc(C)cc1)S(=O)(=O)c1ccc(C)cc1. The minimum absolute atomic E-state index is 0.0700. The lowest BCUT2D eigenvalue weighted by Gasteiger charge is -2.23. The predicted molar refractivity (Wildman–Crippen MR) is 87.0 cm³/mol. The highest BCUT2D eigenvalue weighted by molar-refractivity contribution is 7.93. The molecule has 3 nitrogen and oxygen atoms in total. The third-order valence-electron chi connectivity index (χ3n) is 3.05. The van der Waals surface area contributed by atoms with Crippen molar-refractivity contribution in [3.63, 3.8) is 0 Å². The highest BCUT2D eigenvalue weighted by atomic mass is 35.5. The zero-order valence-corrected chi connectivity index (χ0v) is 13.4. The molecule has 0 atom stereocenters. The lowest BCUT2D eigenvalue weighted by molar-refractivity contribution is 0.595. The zero-order valence-electron chi connectivity index (χ0n) is 11.9. The Bertz CT molecular complexity index is 750. The molecule has 0 radical (unpaired) electrons. The van der Waals surface area contributed by atoms with Crippen molar-refractivity contribution in [2.75, 3.05) is 4.31 Å². The van der Waals surface area contributed by atoms with Crippen molar-refractivity contribution in [2.45, 2.75) is 18.7 Å². The van der Waals surface area contributed by atoms with E-state index in [0.717, 1.165) is 15.4 Å². The molecule has 0 saturated heterocycles. The summed E-state index contributed by atoms with van der Waals surface area (Å²) in [5.41, 5.74) is 2.48. The van der Waals surface area contributed by atoms with Crippen LogP contribution in [0.5, 0.6) is 0 Å². The Labute approximate surface area is 130 Å². The Morgan fingerprint density at radius 1 is 0.952 bits per heavy atom. The van der Waals surface area contributed by atoms with Gasteiger partial charge in [-0.25, -0.2) is 12.7 Å². The molecule has 0 fully saturated rings. The Morgan fingerprint density at radius 2 is 1.38 bits per heavy atom. The van der Waals surface area contributed by atoms with Gasteiger partial charge in [-0.2, -0.15) is 0 Å². The summed E-state index contributed by atoms with van der Waals surface area (Å²) in [6.45, 7) is 7.40. The Morgan fingerprint density at radius 3 is 1.81 bits per heavy atom. The van der Waals surface area contributed by atoms with Crippen molar-refractivity contribution in [1.29, 1.82) is 0 Å². The van der Waals surface area contributed by atoms with E-state index in [-0.39, 0.29) is 10.1 Å². The number of hydrogen-bond donors (Lipinski definition) is 0. The van der Waals surface area contributed by atoms with Gasteiger partial charge < -0.3 is 0 Å². The van der Waals surface area contributed by atoms with Gasteiger partial charge in [-0.15, -0.1) is 0 Å². The molecular weight excluding hydrogens is 306 g/mol. The normalized spacial score (nSPS) is 11.2. The topological polar surface area (TPSA) is 37.4 Å². The monoisotopic (exact) mass is 321 g/mol. The van der Waals surface area contributed by atoms with Gasteiger partial charge in [0.25, 0.3) is 10.0 Å². The molecule has 2 aromatic carbocycles. The van der Waals surface area contributed by atoms with Crippen LogP contribution in [0.1, 0.15) is 11.1 Å². The van der Waals surface area contributed by atoms with E-state index in [1.807, 2.05) is 26.0 Å². The Hall–Kier alpha value is -1.78.